The fourth-order valence-corrected chi connectivity index (χ4v) is 2.03. The topological polar surface area (TPSA) is 38.7 Å². The fraction of sp³-hybridized carbons (Fsp3) is 0.625. The average molecular weight is 263 g/mol. The molecule has 3 nitrogen and oxygen atoms in total. The van der Waals surface area contributed by atoms with Crippen molar-refractivity contribution in [1.29, 1.82) is 0 Å². The van der Waals surface area contributed by atoms with Gasteiger partial charge in [-0.2, -0.15) is 0 Å². The lowest BCUT2D eigenvalue weighted by atomic mass is 10.1. The van der Waals surface area contributed by atoms with Crippen molar-refractivity contribution in [2.45, 2.75) is 58.3 Å². The van der Waals surface area contributed by atoms with Crippen LogP contribution in [0.15, 0.2) is 29.4 Å². The first-order valence-corrected chi connectivity index (χ1v) is 7.43. The Labute approximate surface area is 116 Å². The van der Waals surface area contributed by atoms with Gasteiger partial charge in [0.05, 0.1) is 6.61 Å². The largest absolute Gasteiger partial charge is 0.494 e. The van der Waals surface area contributed by atoms with Crippen LogP contribution in [-0.4, -0.2) is 6.61 Å². The molecular formula is C16H25NO2. The molecule has 0 N–H and O–H groups in total. The lowest BCUT2D eigenvalue weighted by molar-refractivity contribution is 0.304. The van der Waals surface area contributed by atoms with E-state index in [0.29, 0.717) is 5.69 Å². The van der Waals surface area contributed by atoms with Gasteiger partial charge in [-0.15, -0.1) is 4.91 Å². The summed E-state index contributed by atoms with van der Waals surface area (Å²) in [6.45, 7) is 3.00. The van der Waals surface area contributed by atoms with E-state index in [-0.39, 0.29) is 0 Å². The molecule has 3 heteroatoms. The summed E-state index contributed by atoms with van der Waals surface area (Å²) in [7, 11) is 0. The van der Waals surface area contributed by atoms with Crippen molar-refractivity contribution in [3.05, 3.63) is 29.2 Å². The Kier molecular flexibility index (Phi) is 8.69. The second-order valence-corrected chi connectivity index (χ2v) is 4.91. The van der Waals surface area contributed by atoms with E-state index >= 15 is 0 Å². The molecule has 0 fully saturated rings. The maximum atomic E-state index is 10.3. The number of nitroso groups, excluding NO2 is 1. The molecule has 0 atom stereocenters. The summed E-state index contributed by atoms with van der Waals surface area (Å²) >= 11 is 0. The molecule has 0 saturated carbocycles. The molecule has 1 rings (SSSR count). The van der Waals surface area contributed by atoms with Crippen LogP contribution < -0.4 is 4.74 Å². The molecule has 0 saturated heterocycles. The van der Waals surface area contributed by atoms with Crippen molar-refractivity contribution >= 4 is 5.69 Å². The highest BCUT2D eigenvalue weighted by Gasteiger charge is 1.96. The van der Waals surface area contributed by atoms with E-state index in [1.165, 1.54) is 44.9 Å². The number of nitrogens with zero attached hydrogens (tertiary/aromatic N) is 1. The van der Waals surface area contributed by atoms with Crippen molar-refractivity contribution in [3.63, 3.8) is 0 Å². The number of unbranched alkanes of at least 4 members (excludes halogenated alkanes) is 7. The number of hydrogen-bond acceptors (Lipinski definition) is 3. The highest BCUT2D eigenvalue weighted by atomic mass is 16.5. The van der Waals surface area contributed by atoms with Crippen LogP contribution >= 0.6 is 0 Å². The Hall–Kier alpha value is -1.38. The normalized spacial score (nSPS) is 10.4. The summed E-state index contributed by atoms with van der Waals surface area (Å²) in [5, 5.41) is 2.86. The van der Waals surface area contributed by atoms with Gasteiger partial charge >= 0.3 is 0 Å². The Bertz CT molecular complexity index is 335. The van der Waals surface area contributed by atoms with Crippen LogP contribution in [0.5, 0.6) is 5.75 Å². The van der Waals surface area contributed by atoms with Crippen molar-refractivity contribution in [1.82, 2.24) is 0 Å². The van der Waals surface area contributed by atoms with E-state index in [1.807, 2.05) is 0 Å². The zero-order valence-electron chi connectivity index (χ0n) is 11.9. The van der Waals surface area contributed by atoms with Crippen molar-refractivity contribution < 1.29 is 4.74 Å². The Balaban J connectivity index is 1.96. The third-order valence-electron chi connectivity index (χ3n) is 3.21. The van der Waals surface area contributed by atoms with E-state index in [0.717, 1.165) is 18.8 Å². The third-order valence-corrected chi connectivity index (χ3v) is 3.21. The number of hydrogen-bond donors (Lipinski definition) is 0. The van der Waals surface area contributed by atoms with E-state index in [4.69, 9.17) is 4.74 Å². The molecule has 0 aliphatic rings. The molecule has 0 aliphatic carbocycles. The first-order valence-electron chi connectivity index (χ1n) is 7.43. The van der Waals surface area contributed by atoms with Crippen LogP contribution in [0.1, 0.15) is 58.3 Å². The predicted molar refractivity (Wildman–Crippen MR) is 80.0 cm³/mol. The second kappa shape index (κ2) is 10.5. The van der Waals surface area contributed by atoms with E-state index in [1.54, 1.807) is 24.3 Å². The molecule has 1 aromatic carbocycles. The summed E-state index contributed by atoms with van der Waals surface area (Å²) in [5.41, 5.74) is 0.444. The minimum Gasteiger partial charge on any atom is -0.494 e. The number of rotatable bonds is 11. The van der Waals surface area contributed by atoms with Gasteiger partial charge in [0.15, 0.2) is 0 Å². The number of ether oxygens (including phenoxy) is 1. The van der Waals surface area contributed by atoms with Gasteiger partial charge in [0.2, 0.25) is 0 Å². The average Bonchev–Trinajstić information content (AvgIpc) is 2.46. The molecule has 0 aliphatic heterocycles. The highest BCUT2D eigenvalue weighted by molar-refractivity contribution is 5.40. The van der Waals surface area contributed by atoms with Gasteiger partial charge in [0.1, 0.15) is 11.4 Å². The van der Waals surface area contributed by atoms with Gasteiger partial charge in [0, 0.05) is 0 Å². The lowest BCUT2D eigenvalue weighted by Gasteiger charge is -2.06. The van der Waals surface area contributed by atoms with Crippen LogP contribution in [0.2, 0.25) is 0 Å². The van der Waals surface area contributed by atoms with E-state index in [2.05, 4.69) is 12.1 Å². The zero-order chi connectivity index (χ0) is 13.8. The van der Waals surface area contributed by atoms with Gasteiger partial charge < -0.3 is 4.74 Å². The monoisotopic (exact) mass is 263 g/mol. The van der Waals surface area contributed by atoms with Crippen LogP contribution in [0.4, 0.5) is 5.69 Å². The molecule has 0 radical (unpaired) electrons. The molecule has 19 heavy (non-hydrogen) atoms. The second-order valence-electron chi connectivity index (χ2n) is 4.91. The Morgan fingerprint density at radius 3 is 2.05 bits per heavy atom. The Morgan fingerprint density at radius 2 is 1.47 bits per heavy atom. The van der Waals surface area contributed by atoms with Gasteiger partial charge in [0.25, 0.3) is 0 Å². The van der Waals surface area contributed by atoms with Crippen LogP contribution in [0.25, 0.3) is 0 Å². The quantitative estimate of drug-likeness (QED) is 0.385. The SMILES string of the molecule is CCCCCCCCCCOc1ccc(N=O)cc1. The molecule has 1 aromatic rings. The highest BCUT2D eigenvalue weighted by Crippen LogP contribution is 2.18. The smallest absolute Gasteiger partial charge is 0.119 e. The summed E-state index contributed by atoms with van der Waals surface area (Å²) < 4.78 is 5.61. The maximum absolute atomic E-state index is 10.3. The first-order chi connectivity index (χ1) is 9.36. The molecule has 0 unspecified atom stereocenters. The molecular weight excluding hydrogens is 238 g/mol. The molecule has 106 valence electrons. The molecule has 0 bridgehead atoms. The molecule has 0 spiro atoms. The van der Waals surface area contributed by atoms with Crippen molar-refractivity contribution in [2.75, 3.05) is 6.61 Å². The summed E-state index contributed by atoms with van der Waals surface area (Å²) in [6.07, 6.45) is 10.4. The maximum Gasteiger partial charge on any atom is 0.119 e. The van der Waals surface area contributed by atoms with E-state index < -0.39 is 0 Å². The standard InChI is InChI=1S/C16H25NO2/c1-2-3-4-5-6-7-8-9-14-19-16-12-10-15(17-18)11-13-16/h10-13H,2-9,14H2,1H3. The van der Waals surface area contributed by atoms with Gasteiger partial charge in [-0.25, -0.2) is 0 Å². The molecule has 0 heterocycles. The Morgan fingerprint density at radius 1 is 0.895 bits per heavy atom. The summed E-state index contributed by atoms with van der Waals surface area (Å²) in [4.78, 5) is 10.3. The minimum atomic E-state index is 0.444. The molecule has 0 aromatic heterocycles. The summed E-state index contributed by atoms with van der Waals surface area (Å²) in [5.74, 6) is 0.815. The molecule has 0 amide bonds. The lowest BCUT2D eigenvalue weighted by Crippen LogP contribution is -1.96. The summed E-state index contributed by atoms with van der Waals surface area (Å²) in [6, 6.07) is 6.94. The third kappa shape index (κ3) is 7.60. The van der Waals surface area contributed by atoms with Crippen LogP contribution in [0, 0.1) is 4.91 Å². The van der Waals surface area contributed by atoms with Crippen molar-refractivity contribution in [2.24, 2.45) is 5.18 Å². The van der Waals surface area contributed by atoms with Crippen LogP contribution in [0.3, 0.4) is 0 Å². The van der Waals surface area contributed by atoms with E-state index in [9.17, 15) is 4.91 Å². The van der Waals surface area contributed by atoms with Gasteiger partial charge in [-0.3, -0.25) is 0 Å². The van der Waals surface area contributed by atoms with Crippen molar-refractivity contribution in [3.8, 4) is 5.75 Å². The zero-order valence-corrected chi connectivity index (χ0v) is 11.9. The first kappa shape index (κ1) is 15.7. The predicted octanol–water partition coefficient (Wildman–Crippen LogP) is 5.60. The number of benzene rings is 1. The minimum absolute atomic E-state index is 0.444. The van der Waals surface area contributed by atoms with Gasteiger partial charge in [-0.05, 0) is 35.9 Å². The fourth-order valence-electron chi connectivity index (χ4n) is 2.03. The van der Waals surface area contributed by atoms with Gasteiger partial charge in [-0.1, -0.05) is 51.9 Å². The van der Waals surface area contributed by atoms with Crippen LogP contribution in [-0.2, 0) is 0 Å².